The summed E-state index contributed by atoms with van der Waals surface area (Å²) < 4.78 is 5.35. The maximum Gasteiger partial charge on any atom is 0.257 e. The fourth-order valence-corrected chi connectivity index (χ4v) is 3.23. The van der Waals surface area contributed by atoms with Crippen LogP contribution in [0.1, 0.15) is 16.1 Å². The minimum Gasteiger partial charge on any atom is -0.494 e. The molecule has 1 aromatic carbocycles. The first-order valence-corrected chi connectivity index (χ1v) is 9.98. The highest BCUT2D eigenvalue weighted by molar-refractivity contribution is 7.99. The van der Waals surface area contributed by atoms with Gasteiger partial charge in [-0.15, -0.1) is 11.8 Å². The minimum atomic E-state index is -0.292. The standard InChI is InChI=1S/C21H20N4O3S/c1-28-19-11-16(24-20(26)14-29-13-17-6-2-3-10-23-17)7-8-18(19)25-21(27)15-5-4-9-22-12-15/h2-12H,13-14H2,1H3,(H,24,26)(H,25,27). The monoisotopic (exact) mass is 408 g/mol. The largest absolute Gasteiger partial charge is 0.494 e. The van der Waals surface area contributed by atoms with E-state index < -0.39 is 0 Å². The van der Waals surface area contributed by atoms with Crippen LogP contribution in [-0.4, -0.2) is 34.6 Å². The first-order valence-electron chi connectivity index (χ1n) is 8.82. The molecule has 29 heavy (non-hydrogen) atoms. The molecule has 2 heterocycles. The molecule has 0 saturated heterocycles. The van der Waals surface area contributed by atoms with E-state index in [2.05, 4.69) is 20.6 Å². The predicted octanol–water partition coefficient (Wildman–Crippen LogP) is 3.61. The van der Waals surface area contributed by atoms with E-state index in [4.69, 9.17) is 4.74 Å². The predicted molar refractivity (Wildman–Crippen MR) is 114 cm³/mol. The van der Waals surface area contributed by atoms with Gasteiger partial charge in [0.2, 0.25) is 5.91 Å². The van der Waals surface area contributed by atoms with Crippen molar-refractivity contribution in [3.8, 4) is 5.75 Å². The summed E-state index contributed by atoms with van der Waals surface area (Å²) in [6, 6.07) is 14.1. The molecule has 0 bridgehead atoms. The molecule has 0 unspecified atom stereocenters. The van der Waals surface area contributed by atoms with Crippen LogP contribution in [0.5, 0.6) is 5.75 Å². The number of thioether (sulfide) groups is 1. The third kappa shape index (κ3) is 6.05. The van der Waals surface area contributed by atoms with Gasteiger partial charge in [-0.3, -0.25) is 19.6 Å². The second kappa shape index (κ2) is 10.2. The molecular weight excluding hydrogens is 388 g/mol. The van der Waals surface area contributed by atoms with Gasteiger partial charge in [-0.05, 0) is 36.4 Å². The molecule has 0 fully saturated rings. The van der Waals surface area contributed by atoms with Crippen LogP contribution in [0.2, 0.25) is 0 Å². The number of carbonyl (C=O) groups excluding carboxylic acids is 2. The third-order valence-corrected chi connectivity index (χ3v) is 4.83. The second-order valence-electron chi connectivity index (χ2n) is 5.97. The molecule has 148 valence electrons. The molecule has 0 aliphatic carbocycles. The number of hydrogen-bond donors (Lipinski definition) is 2. The smallest absolute Gasteiger partial charge is 0.257 e. The number of carbonyl (C=O) groups is 2. The van der Waals surface area contributed by atoms with Gasteiger partial charge in [0.1, 0.15) is 5.75 Å². The van der Waals surface area contributed by atoms with Crippen molar-refractivity contribution in [1.29, 1.82) is 0 Å². The molecule has 0 spiro atoms. The van der Waals surface area contributed by atoms with Crippen molar-refractivity contribution in [2.24, 2.45) is 0 Å². The highest BCUT2D eigenvalue weighted by Gasteiger charge is 2.12. The normalized spacial score (nSPS) is 10.2. The Labute approximate surface area is 172 Å². The molecule has 0 aliphatic heterocycles. The van der Waals surface area contributed by atoms with Crippen molar-refractivity contribution in [2.45, 2.75) is 5.75 Å². The maximum absolute atomic E-state index is 12.3. The topological polar surface area (TPSA) is 93.2 Å². The first kappa shape index (κ1) is 20.3. The molecule has 0 saturated carbocycles. The van der Waals surface area contributed by atoms with Gasteiger partial charge in [0.15, 0.2) is 0 Å². The number of nitrogens with one attached hydrogen (secondary N) is 2. The van der Waals surface area contributed by atoms with Crippen LogP contribution in [-0.2, 0) is 10.5 Å². The molecule has 0 aliphatic rings. The summed E-state index contributed by atoms with van der Waals surface area (Å²) in [5, 5.41) is 5.62. The average molecular weight is 408 g/mol. The Morgan fingerprint density at radius 3 is 2.69 bits per heavy atom. The number of ether oxygens (including phenoxy) is 1. The van der Waals surface area contributed by atoms with Crippen molar-refractivity contribution in [2.75, 3.05) is 23.5 Å². The van der Waals surface area contributed by atoms with Crippen LogP contribution in [0.4, 0.5) is 11.4 Å². The van der Waals surface area contributed by atoms with Crippen LogP contribution in [0.25, 0.3) is 0 Å². The van der Waals surface area contributed by atoms with Crippen LogP contribution >= 0.6 is 11.8 Å². The first-order chi connectivity index (χ1) is 14.2. The van der Waals surface area contributed by atoms with Gasteiger partial charge in [0.05, 0.1) is 29.8 Å². The van der Waals surface area contributed by atoms with Crippen LogP contribution in [0, 0.1) is 0 Å². The Balaban J connectivity index is 1.56. The zero-order chi connectivity index (χ0) is 20.5. The van der Waals surface area contributed by atoms with Gasteiger partial charge in [0, 0.05) is 36.1 Å². The quantitative estimate of drug-likeness (QED) is 0.591. The lowest BCUT2D eigenvalue weighted by molar-refractivity contribution is -0.113. The maximum atomic E-state index is 12.3. The molecule has 2 aromatic heterocycles. The van der Waals surface area contributed by atoms with Gasteiger partial charge < -0.3 is 15.4 Å². The summed E-state index contributed by atoms with van der Waals surface area (Å²) in [6.45, 7) is 0. The molecule has 7 nitrogen and oxygen atoms in total. The van der Waals surface area contributed by atoms with E-state index in [1.54, 1.807) is 42.7 Å². The van der Waals surface area contributed by atoms with Crippen LogP contribution < -0.4 is 15.4 Å². The molecule has 2 amide bonds. The zero-order valence-electron chi connectivity index (χ0n) is 15.8. The summed E-state index contributed by atoms with van der Waals surface area (Å²) in [5.74, 6) is 0.996. The fraction of sp³-hybridized carbons (Fsp3) is 0.143. The van der Waals surface area contributed by atoms with E-state index in [1.165, 1.54) is 25.1 Å². The summed E-state index contributed by atoms with van der Waals surface area (Å²) in [5.41, 5.74) is 2.46. The van der Waals surface area contributed by atoms with Crippen molar-refractivity contribution < 1.29 is 14.3 Å². The SMILES string of the molecule is COc1cc(NC(=O)CSCc2ccccn2)ccc1NC(=O)c1cccnc1. The number of nitrogens with zero attached hydrogens (tertiary/aromatic N) is 2. The van der Waals surface area contributed by atoms with E-state index in [-0.39, 0.29) is 11.8 Å². The van der Waals surface area contributed by atoms with E-state index in [1.807, 2.05) is 18.2 Å². The molecule has 2 N–H and O–H groups in total. The van der Waals surface area contributed by atoms with E-state index in [9.17, 15) is 9.59 Å². The third-order valence-electron chi connectivity index (χ3n) is 3.87. The van der Waals surface area contributed by atoms with E-state index in [0.717, 1.165) is 5.69 Å². The Morgan fingerprint density at radius 1 is 1.07 bits per heavy atom. The van der Waals surface area contributed by atoms with Gasteiger partial charge in [-0.1, -0.05) is 6.07 Å². The lowest BCUT2D eigenvalue weighted by Gasteiger charge is -2.12. The van der Waals surface area contributed by atoms with E-state index >= 15 is 0 Å². The lowest BCUT2D eigenvalue weighted by atomic mass is 10.2. The highest BCUT2D eigenvalue weighted by atomic mass is 32.2. The number of rotatable bonds is 8. The van der Waals surface area contributed by atoms with Crippen molar-refractivity contribution in [3.05, 3.63) is 78.4 Å². The molecule has 8 heteroatoms. The second-order valence-corrected chi connectivity index (χ2v) is 6.96. The summed E-state index contributed by atoms with van der Waals surface area (Å²) in [4.78, 5) is 32.6. The fourth-order valence-electron chi connectivity index (χ4n) is 2.49. The number of anilines is 2. The molecule has 3 aromatic rings. The number of methoxy groups -OCH3 is 1. The van der Waals surface area contributed by atoms with Crippen molar-refractivity contribution in [3.63, 3.8) is 0 Å². The minimum absolute atomic E-state index is 0.125. The Kier molecular flexibility index (Phi) is 7.18. The number of aromatic nitrogens is 2. The van der Waals surface area contributed by atoms with E-state index in [0.29, 0.717) is 34.2 Å². The lowest BCUT2D eigenvalue weighted by Crippen LogP contribution is -2.15. The summed E-state index contributed by atoms with van der Waals surface area (Å²) in [6.07, 6.45) is 4.82. The number of benzene rings is 1. The van der Waals surface area contributed by atoms with Gasteiger partial charge in [-0.25, -0.2) is 0 Å². The van der Waals surface area contributed by atoms with Crippen molar-refractivity contribution >= 4 is 35.0 Å². The van der Waals surface area contributed by atoms with Gasteiger partial charge in [-0.2, -0.15) is 0 Å². The number of hydrogen-bond acceptors (Lipinski definition) is 6. The molecular formula is C21H20N4O3S. The van der Waals surface area contributed by atoms with Gasteiger partial charge >= 0.3 is 0 Å². The number of amides is 2. The van der Waals surface area contributed by atoms with Gasteiger partial charge in [0.25, 0.3) is 5.91 Å². The summed E-state index contributed by atoms with van der Waals surface area (Å²) in [7, 11) is 1.50. The summed E-state index contributed by atoms with van der Waals surface area (Å²) >= 11 is 1.48. The van der Waals surface area contributed by atoms with Crippen LogP contribution in [0.3, 0.4) is 0 Å². The van der Waals surface area contributed by atoms with Crippen LogP contribution in [0.15, 0.2) is 67.1 Å². The average Bonchev–Trinajstić information content (AvgIpc) is 2.76. The molecule has 0 atom stereocenters. The Hall–Kier alpha value is -3.39. The molecule has 3 rings (SSSR count). The van der Waals surface area contributed by atoms with Crippen molar-refractivity contribution in [1.82, 2.24) is 9.97 Å². The Morgan fingerprint density at radius 2 is 1.97 bits per heavy atom. The Bertz CT molecular complexity index is 968. The zero-order valence-corrected chi connectivity index (χ0v) is 16.6. The molecule has 0 radical (unpaired) electrons. The highest BCUT2D eigenvalue weighted by Crippen LogP contribution is 2.28. The number of pyridine rings is 2.